The predicted molar refractivity (Wildman–Crippen MR) is 175 cm³/mol. The molecule has 12 heteroatoms. The van der Waals surface area contributed by atoms with E-state index in [0.717, 1.165) is 16.7 Å². The van der Waals surface area contributed by atoms with Crippen LogP contribution in [0.5, 0.6) is 0 Å². The Bertz CT molecular complexity index is 1540. The molecule has 0 saturated carbocycles. The van der Waals surface area contributed by atoms with E-state index in [0.29, 0.717) is 0 Å². The molecule has 0 amide bonds. The Morgan fingerprint density at radius 2 is 1.22 bits per heavy atom. The van der Waals surface area contributed by atoms with Crippen molar-refractivity contribution >= 4 is 5.97 Å². The molecule has 0 bridgehead atoms. The van der Waals surface area contributed by atoms with Crippen molar-refractivity contribution in [1.82, 2.24) is 0 Å². The van der Waals surface area contributed by atoms with Gasteiger partial charge in [-0.05, 0) is 26.3 Å². The van der Waals surface area contributed by atoms with Crippen LogP contribution in [0.15, 0.2) is 91.0 Å². The van der Waals surface area contributed by atoms with Crippen LogP contribution in [-0.2, 0) is 54.0 Å². The number of carbonyl (C=O) groups is 1. The zero-order valence-corrected chi connectivity index (χ0v) is 28.2. The molecular formula is C38H44O12. The summed E-state index contributed by atoms with van der Waals surface area (Å²) < 4.78 is 56.0. The van der Waals surface area contributed by atoms with Gasteiger partial charge < -0.3 is 52.8 Å². The van der Waals surface area contributed by atoms with Gasteiger partial charge in [-0.1, -0.05) is 91.0 Å². The quantitative estimate of drug-likeness (QED) is 0.331. The normalized spacial score (nSPS) is 35.8. The van der Waals surface area contributed by atoms with E-state index in [1.807, 2.05) is 91.0 Å². The number of carbonyl (C=O) groups excluding carboxylic acids is 1. The highest BCUT2D eigenvalue weighted by Crippen LogP contribution is 2.40. The largest absolute Gasteiger partial charge is 0.456 e. The Balaban J connectivity index is 1.17. The Kier molecular flexibility index (Phi) is 10.6. The molecule has 3 aromatic carbocycles. The Morgan fingerprint density at radius 1 is 0.700 bits per heavy atom. The monoisotopic (exact) mass is 692 g/mol. The summed E-state index contributed by atoms with van der Waals surface area (Å²) in [5.74, 6) is -0.531. The number of hydrogen-bond donors (Lipinski definition) is 2. The van der Waals surface area contributed by atoms with E-state index in [-0.39, 0.29) is 19.8 Å². The molecule has 0 radical (unpaired) electrons. The molecule has 0 spiro atoms. The SMILES string of the molecule is CC(C)(C)C(=O)O[C@@H]1[C@@H](O)[C@H](O[C@@H]2[C@@H](OCc3ccccc3)[C@H](O)O[C@@H]3COC(c4ccccc4)O[C@H]23)O[C@@H]2COC(c3ccccc3)O[C@H]12. The molecule has 268 valence electrons. The molecule has 4 aliphatic heterocycles. The molecule has 3 aromatic rings. The van der Waals surface area contributed by atoms with Gasteiger partial charge in [0.25, 0.3) is 0 Å². The van der Waals surface area contributed by atoms with Crippen molar-refractivity contribution in [2.75, 3.05) is 13.2 Å². The molecule has 50 heavy (non-hydrogen) atoms. The van der Waals surface area contributed by atoms with Crippen molar-refractivity contribution in [1.29, 1.82) is 0 Å². The third-order valence-electron chi connectivity index (χ3n) is 9.18. The van der Waals surface area contributed by atoms with Gasteiger partial charge in [-0.3, -0.25) is 4.79 Å². The van der Waals surface area contributed by atoms with Crippen LogP contribution in [-0.4, -0.2) is 90.8 Å². The van der Waals surface area contributed by atoms with Crippen molar-refractivity contribution in [3.05, 3.63) is 108 Å². The van der Waals surface area contributed by atoms with Crippen LogP contribution < -0.4 is 0 Å². The minimum Gasteiger partial charge on any atom is -0.456 e. The van der Waals surface area contributed by atoms with E-state index in [4.69, 9.17) is 42.6 Å². The van der Waals surface area contributed by atoms with Gasteiger partial charge in [-0.15, -0.1) is 0 Å². The molecule has 7 rings (SSSR count). The van der Waals surface area contributed by atoms with Crippen LogP contribution in [0.1, 0.15) is 50.0 Å². The van der Waals surface area contributed by atoms with Crippen molar-refractivity contribution in [3.63, 3.8) is 0 Å². The van der Waals surface area contributed by atoms with Gasteiger partial charge in [0.2, 0.25) is 0 Å². The lowest BCUT2D eigenvalue weighted by Crippen LogP contribution is -2.67. The minimum absolute atomic E-state index is 0.0667. The lowest BCUT2D eigenvalue weighted by Gasteiger charge is -2.51. The van der Waals surface area contributed by atoms with Crippen molar-refractivity contribution < 1.29 is 57.6 Å². The topological polar surface area (TPSA) is 141 Å². The van der Waals surface area contributed by atoms with Crippen molar-refractivity contribution in [3.8, 4) is 0 Å². The average Bonchev–Trinajstić information content (AvgIpc) is 3.13. The summed E-state index contributed by atoms with van der Waals surface area (Å²) >= 11 is 0. The van der Waals surface area contributed by atoms with Gasteiger partial charge in [0, 0.05) is 11.1 Å². The van der Waals surface area contributed by atoms with Gasteiger partial charge >= 0.3 is 5.97 Å². The summed E-state index contributed by atoms with van der Waals surface area (Å²) in [5, 5.41) is 23.2. The second kappa shape index (κ2) is 15.1. The zero-order valence-electron chi connectivity index (χ0n) is 28.2. The van der Waals surface area contributed by atoms with Gasteiger partial charge in [-0.25, -0.2) is 0 Å². The molecule has 4 heterocycles. The average molecular weight is 693 g/mol. The maximum absolute atomic E-state index is 13.3. The second-order valence-corrected chi connectivity index (χ2v) is 13.9. The molecule has 4 saturated heterocycles. The van der Waals surface area contributed by atoms with Gasteiger partial charge in [0.1, 0.15) is 42.7 Å². The Labute approximate surface area is 291 Å². The molecule has 12 nitrogen and oxygen atoms in total. The van der Waals surface area contributed by atoms with Gasteiger partial charge in [0.05, 0.1) is 25.2 Å². The first kappa shape index (κ1) is 35.1. The molecule has 12 atom stereocenters. The van der Waals surface area contributed by atoms with Crippen molar-refractivity contribution in [2.45, 2.75) is 101 Å². The summed E-state index contributed by atoms with van der Waals surface area (Å²) in [5.41, 5.74) is 1.55. The highest BCUT2D eigenvalue weighted by Gasteiger charge is 2.57. The molecular weight excluding hydrogens is 648 g/mol. The highest BCUT2D eigenvalue weighted by molar-refractivity contribution is 5.75. The number of rotatable bonds is 8. The number of aliphatic hydroxyl groups excluding tert-OH is 2. The van der Waals surface area contributed by atoms with Crippen LogP contribution in [0.4, 0.5) is 0 Å². The van der Waals surface area contributed by atoms with Crippen LogP contribution in [0.2, 0.25) is 0 Å². The summed E-state index contributed by atoms with van der Waals surface area (Å²) in [6, 6.07) is 28.3. The first-order valence-corrected chi connectivity index (χ1v) is 17.0. The minimum atomic E-state index is -1.50. The summed E-state index contributed by atoms with van der Waals surface area (Å²) in [6.07, 6.45) is -12.3. The zero-order chi connectivity index (χ0) is 34.8. The first-order valence-electron chi connectivity index (χ1n) is 17.0. The van der Waals surface area contributed by atoms with E-state index >= 15 is 0 Å². The summed E-state index contributed by atoms with van der Waals surface area (Å²) in [7, 11) is 0. The number of ether oxygens (including phenoxy) is 9. The van der Waals surface area contributed by atoms with Gasteiger partial charge in [0.15, 0.2) is 31.3 Å². The van der Waals surface area contributed by atoms with E-state index in [2.05, 4.69) is 0 Å². The third-order valence-corrected chi connectivity index (χ3v) is 9.18. The fraction of sp³-hybridized carbons (Fsp3) is 0.500. The van der Waals surface area contributed by atoms with Crippen LogP contribution >= 0.6 is 0 Å². The van der Waals surface area contributed by atoms with E-state index in [1.165, 1.54) is 0 Å². The van der Waals surface area contributed by atoms with Crippen LogP contribution in [0, 0.1) is 5.41 Å². The first-order chi connectivity index (χ1) is 24.2. The number of hydrogen-bond acceptors (Lipinski definition) is 12. The Hall–Kier alpha value is -3.27. The molecule has 4 aliphatic rings. The number of fused-ring (bicyclic) bond motifs is 2. The molecule has 2 N–H and O–H groups in total. The van der Waals surface area contributed by atoms with Gasteiger partial charge in [-0.2, -0.15) is 0 Å². The maximum Gasteiger partial charge on any atom is 0.311 e. The summed E-state index contributed by atoms with van der Waals surface area (Å²) in [4.78, 5) is 13.3. The van der Waals surface area contributed by atoms with E-state index < -0.39 is 85.4 Å². The lowest BCUT2D eigenvalue weighted by atomic mass is 9.94. The number of aliphatic hydroxyl groups is 2. The molecule has 0 aliphatic carbocycles. The number of esters is 1. The fourth-order valence-corrected chi connectivity index (χ4v) is 6.49. The second-order valence-electron chi connectivity index (χ2n) is 13.9. The van der Waals surface area contributed by atoms with Crippen molar-refractivity contribution in [2.24, 2.45) is 5.41 Å². The molecule has 4 fully saturated rings. The van der Waals surface area contributed by atoms with Crippen LogP contribution in [0.3, 0.4) is 0 Å². The lowest BCUT2D eigenvalue weighted by molar-refractivity contribution is -0.405. The highest BCUT2D eigenvalue weighted by atomic mass is 16.8. The van der Waals surface area contributed by atoms with E-state index in [9.17, 15) is 15.0 Å². The summed E-state index contributed by atoms with van der Waals surface area (Å²) in [6.45, 7) is 5.49. The molecule has 0 aromatic heterocycles. The fourth-order valence-electron chi connectivity index (χ4n) is 6.49. The third kappa shape index (κ3) is 7.65. The molecule has 2 unspecified atom stereocenters. The van der Waals surface area contributed by atoms with E-state index in [1.54, 1.807) is 20.8 Å². The maximum atomic E-state index is 13.3. The standard InChI is InChI=1S/C38H44O12/c1-38(2,3)37(41)50-30-27(39)36(46-26-21-44-34(47-28(26)30)23-15-9-5-10-16-23)49-31-29-25(20-43-35(48-29)24-17-11-6-12-18-24)45-33(40)32(31)42-19-22-13-7-4-8-14-22/h4-18,25-36,39-40H,19-21H2,1-3H3/t25-,26-,27-,28+,29+,30-,31+,32-,33-,34?,35?,36+/m1/s1. The predicted octanol–water partition coefficient (Wildman–Crippen LogP) is 3.95. The smallest absolute Gasteiger partial charge is 0.311 e. The number of benzene rings is 3. The van der Waals surface area contributed by atoms with Crippen LogP contribution in [0.25, 0.3) is 0 Å². The Morgan fingerprint density at radius 3 is 1.78 bits per heavy atom.